The minimum Gasteiger partial charge on any atom is -0.423 e. The molecule has 0 saturated carbocycles. The van der Waals surface area contributed by atoms with Crippen LogP contribution in [-0.4, -0.2) is 17.1 Å². The highest BCUT2D eigenvalue weighted by Gasteiger charge is 2.18. The molecule has 0 unspecified atom stereocenters. The largest absolute Gasteiger partial charge is 0.423 e. The fraction of sp³-hybridized carbons (Fsp3) is 0.133. The Morgan fingerprint density at radius 2 is 1.86 bits per heavy atom. The van der Waals surface area contributed by atoms with Gasteiger partial charge in [-0.2, -0.15) is 0 Å². The lowest BCUT2D eigenvalue weighted by Crippen LogP contribution is -2.09. The van der Waals surface area contributed by atoms with Crippen molar-refractivity contribution in [3.8, 4) is 5.75 Å². The van der Waals surface area contributed by atoms with Gasteiger partial charge in [0, 0.05) is 6.07 Å². The molecule has 2 aromatic rings. The summed E-state index contributed by atoms with van der Waals surface area (Å²) in [7, 11) is 0. The van der Waals surface area contributed by atoms with Crippen molar-refractivity contribution < 1.29 is 14.5 Å². The van der Waals surface area contributed by atoms with Gasteiger partial charge in [-0.25, -0.2) is 4.79 Å². The number of carbonyl (C=O) groups is 1. The lowest BCUT2D eigenvalue weighted by atomic mass is 10.2. The standard InChI is InChI=1S/C15H13NO4S/c1-10-3-6-12(7-4-10)20-15(17)11-5-8-14(21-2)13(9-11)16(18)19/h3-9H,1-2H3. The van der Waals surface area contributed by atoms with Gasteiger partial charge in [-0.15, -0.1) is 11.8 Å². The second kappa shape index (κ2) is 6.41. The fourth-order valence-corrected chi connectivity index (χ4v) is 2.28. The minimum atomic E-state index is -0.616. The van der Waals surface area contributed by atoms with Crippen LogP contribution in [0.2, 0.25) is 0 Å². The van der Waals surface area contributed by atoms with E-state index < -0.39 is 10.9 Å². The summed E-state index contributed by atoms with van der Waals surface area (Å²) in [6, 6.07) is 11.3. The molecule has 2 rings (SSSR count). The van der Waals surface area contributed by atoms with E-state index in [1.54, 1.807) is 24.5 Å². The zero-order valence-corrected chi connectivity index (χ0v) is 12.3. The van der Waals surface area contributed by atoms with E-state index >= 15 is 0 Å². The van der Waals surface area contributed by atoms with E-state index in [0.29, 0.717) is 10.6 Å². The van der Waals surface area contributed by atoms with E-state index in [2.05, 4.69) is 0 Å². The number of carbonyl (C=O) groups excluding carboxylic acids is 1. The molecule has 0 N–H and O–H groups in total. The van der Waals surface area contributed by atoms with E-state index in [0.717, 1.165) is 5.56 Å². The van der Waals surface area contributed by atoms with Gasteiger partial charge in [0.15, 0.2) is 0 Å². The van der Waals surface area contributed by atoms with E-state index in [9.17, 15) is 14.9 Å². The fourth-order valence-electron chi connectivity index (χ4n) is 1.73. The summed E-state index contributed by atoms with van der Waals surface area (Å²) in [5, 5.41) is 11.0. The summed E-state index contributed by atoms with van der Waals surface area (Å²) in [6.45, 7) is 1.93. The summed E-state index contributed by atoms with van der Waals surface area (Å²) < 4.78 is 5.20. The highest BCUT2D eigenvalue weighted by Crippen LogP contribution is 2.28. The molecule has 6 heteroatoms. The van der Waals surface area contributed by atoms with E-state index in [4.69, 9.17) is 4.74 Å². The first-order valence-corrected chi connectivity index (χ1v) is 7.35. The molecular formula is C15H13NO4S. The molecule has 2 aromatic carbocycles. The van der Waals surface area contributed by atoms with Crippen molar-refractivity contribution in [1.29, 1.82) is 0 Å². The van der Waals surface area contributed by atoms with Crippen LogP contribution in [0.25, 0.3) is 0 Å². The molecule has 0 bridgehead atoms. The zero-order chi connectivity index (χ0) is 15.4. The van der Waals surface area contributed by atoms with Gasteiger partial charge in [0.1, 0.15) is 5.75 Å². The number of nitro benzene ring substituents is 1. The number of nitrogens with zero attached hydrogens (tertiary/aromatic N) is 1. The molecular weight excluding hydrogens is 290 g/mol. The first kappa shape index (κ1) is 15.1. The molecule has 0 aromatic heterocycles. The van der Waals surface area contributed by atoms with Crippen LogP contribution in [0.5, 0.6) is 5.75 Å². The maximum absolute atomic E-state index is 12.0. The third-order valence-electron chi connectivity index (χ3n) is 2.84. The first-order valence-electron chi connectivity index (χ1n) is 6.12. The predicted molar refractivity (Wildman–Crippen MR) is 81.0 cm³/mol. The predicted octanol–water partition coefficient (Wildman–Crippen LogP) is 3.84. The van der Waals surface area contributed by atoms with Gasteiger partial charge in [0.05, 0.1) is 15.4 Å². The van der Waals surface area contributed by atoms with Crippen molar-refractivity contribution >= 4 is 23.4 Å². The number of esters is 1. The normalized spacial score (nSPS) is 10.2. The van der Waals surface area contributed by atoms with Crippen LogP contribution in [0.1, 0.15) is 15.9 Å². The molecule has 0 heterocycles. The second-order valence-corrected chi connectivity index (χ2v) is 5.19. The smallest absolute Gasteiger partial charge is 0.343 e. The number of hydrogen-bond acceptors (Lipinski definition) is 5. The van der Waals surface area contributed by atoms with E-state index in [1.165, 1.54) is 23.9 Å². The van der Waals surface area contributed by atoms with Crippen molar-refractivity contribution in [2.75, 3.05) is 6.26 Å². The van der Waals surface area contributed by atoms with Gasteiger partial charge in [-0.05, 0) is 37.4 Å². The van der Waals surface area contributed by atoms with Crippen LogP contribution < -0.4 is 4.74 Å². The van der Waals surface area contributed by atoms with Crippen molar-refractivity contribution in [2.24, 2.45) is 0 Å². The Kier molecular flexibility index (Phi) is 4.59. The molecule has 21 heavy (non-hydrogen) atoms. The number of ether oxygens (including phenoxy) is 1. The van der Waals surface area contributed by atoms with Crippen molar-refractivity contribution in [3.05, 3.63) is 63.7 Å². The zero-order valence-electron chi connectivity index (χ0n) is 11.5. The Morgan fingerprint density at radius 3 is 2.43 bits per heavy atom. The van der Waals surface area contributed by atoms with Crippen LogP contribution in [0, 0.1) is 17.0 Å². The Balaban J connectivity index is 2.25. The second-order valence-electron chi connectivity index (χ2n) is 4.35. The highest BCUT2D eigenvalue weighted by atomic mass is 32.2. The van der Waals surface area contributed by atoms with Crippen LogP contribution in [-0.2, 0) is 0 Å². The highest BCUT2D eigenvalue weighted by molar-refractivity contribution is 7.98. The topological polar surface area (TPSA) is 69.4 Å². The summed E-state index contributed by atoms with van der Waals surface area (Å²) in [4.78, 5) is 23.0. The molecule has 108 valence electrons. The van der Waals surface area contributed by atoms with E-state index in [1.807, 2.05) is 19.1 Å². The van der Waals surface area contributed by atoms with Crippen LogP contribution >= 0.6 is 11.8 Å². The SMILES string of the molecule is CSc1ccc(C(=O)Oc2ccc(C)cc2)cc1[N+](=O)[O-]. The molecule has 0 radical (unpaired) electrons. The lowest BCUT2D eigenvalue weighted by Gasteiger charge is -2.06. The molecule has 0 atom stereocenters. The quantitative estimate of drug-likeness (QED) is 0.282. The summed E-state index contributed by atoms with van der Waals surface area (Å²) in [5.41, 5.74) is 1.11. The number of rotatable bonds is 4. The lowest BCUT2D eigenvalue weighted by molar-refractivity contribution is -0.387. The Hall–Kier alpha value is -2.34. The van der Waals surface area contributed by atoms with Crippen molar-refractivity contribution in [1.82, 2.24) is 0 Å². The van der Waals surface area contributed by atoms with Crippen LogP contribution in [0.4, 0.5) is 5.69 Å². The molecule has 0 aliphatic carbocycles. The molecule has 5 nitrogen and oxygen atoms in total. The average molecular weight is 303 g/mol. The number of thioether (sulfide) groups is 1. The minimum absolute atomic E-state index is 0.0964. The molecule has 0 aliphatic rings. The number of benzene rings is 2. The van der Waals surface area contributed by atoms with Gasteiger partial charge in [0.25, 0.3) is 5.69 Å². The van der Waals surface area contributed by atoms with Crippen molar-refractivity contribution in [3.63, 3.8) is 0 Å². The molecule has 0 saturated heterocycles. The van der Waals surface area contributed by atoms with E-state index in [-0.39, 0.29) is 11.3 Å². The summed E-state index contributed by atoms with van der Waals surface area (Å²) >= 11 is 1.26. The monoisotopic (exact) mass is 303 g/mol. The number of aryl methyl sites for hydroxylation is 1. The first-order chi connectivity index (χ1) is 10.0. The van der Waals surface area contributed by atoms with Gasteiger partial charge in [-0.1, -0.05) is 17.7 Å². The third kappa shape index (κ3) is 3.61. The molecule has 0 spiro atoms. The van der Waals surface area contributed by atoms with Gasteiger partial charge in [-0.3, -0.25) is 10.1 Å². The van der Waals surface area contributed by atoms with Crippen LogP contribution in [0.15, 0.2) is 47.4 Å². The molecule has 0 fully saturated rings. The maximum Gasteiger partial charge on any atom is 0.343 e. The van der Waals surface area contributed by atoms with Gasteiger partial charge in [0.2, 0.25) is 0 Å². The Bertz CT molecular complexity index is 683. The molecule has 0 amide bonds. The van der Waals surface area contributed by atoms with Gasteiger partial charge < -0.3 is 4.74 Å². The average Bonchev–Trinajstić information content (AvgIpc) is 2.48. The maximum atomic E-state index is 12.0. The molecule has 0 aliphatic heterocycles. The Labute approximate surface area is 126 Å². The number of hydrogen-bond donors (Lipinski definition) is 0. The van der Waals surface area contributed by atoms with Crippen molar-refractivity contribution in [2.45, 2.75) is 11.8 Å². The number of nitro groups is 1. The summed E-state index contributed by atoms with van der Waals surface area (Å²) in [6.07, 6.45) is 1.74. The van der Waals surface area contributed by atoms with Crippen LogP contribution in [0.3, 0.4) is 0 Å². The van der Waals surface area contributed by atoms with Gasteiger partial charge >= 0.3 is 5.97 Å². The Morgan fingerprint density at radius 1 is 1.19 bits per heavy atom. The summed E-state index contributed by atoms with van der Waals surface area (Å²) in [5.74, 6) is -0.211. The third-order valence-corrected chi connectivity index (χ3v) is 3.63.